The van der Waals surface area contributed by atoms with Gasteiger partial charge >= 0.3 is 6.18 Å². The standard InChI is InChI=1S/C21H16BrF3N8O/c1-11(18-27-5-2-6-28-18)33(10-14-3-4-16(32-31-14)21(23,24)25)20(34)13-7-12-8-15(22)17(26)30-19(12)29-9-13/h2-9,11H,10H2,1H3,(H2,26,29,30)/t11-/m1/s1. The van der Waals surface area contributed by atoms with Crippen molar-refractivity contribution in [1.29, 1.82) is 0 Å². The van der Waals surface area contributed by atoms with Crippen LogP contribution in [0.5, 0.6) is 0 Å². The van der Waals surface area contributed by atoms with Crippen LogP contribution in [-0.4, -0.2) is 40.9 Å². The third-order valence-corrected chi connectivity index (χ3v) is 5.56. The van der Waals surface area contributed by atoms with Gasteiger partial charge in [-0.3, -0.25) is 4.79 Å². The highest BCUT2D eigenvalue weighted by Gasteiger charge is 2.33. The summed E-state index contributed by atoms with van der Waals surface area (Å²) in [6.45, 7) is 1.57. The first kappa shape index (κ1) is 23.4. The Balaban J connectivity index is 1.70. The van der Waals surface area contributed by atoms with Crippen molar-refractivity contribution in [2.75, 3.05) is 5.73 Å². The predicted octanol–water partition coefficient (Wildman–Crippen LogP) is 3.98. The van der Waals surface area contributed by atoms with Crippen LogP contribution in [0.4, 0.5) is 19.0 Å². The first-order chi connectivity index (χ1) is 16.1. The molecule has 0 saturated heterocycles. The van der Waals surface area contributed by atoms with E-state index in [1.54, 1.807) is 25.1 Å². The zero-order chi connectivity index (χ0) is 24.5. The Morgan fingerprint density at radius 1 is 1.15 bits per heavy atom. The van der Waals surface area contributed by atoms with Gasteiger partial charge in [0.2, 0.25) is 0 Å². The van der Waals surface area contributed by atoms with Crippen molar-refractivity contribution in [2.24, 2.45) is 0 Å². The number of fused-ring (bicyclic) bond motifs is 1. The van der Waals surface area contributed by atoms with Gasteiger partial charge in [0.05, 0.1) is 28.3 Å². The molecule has 0 unspecified atom stereocenters. The smallest absolute Gasteiger partial charge is 0.383 e. The molecule has 2 N–H and O–H groups in total. The second kappa shape index (κ2) is 9.25. The summed E-state index contributed by atoms with van der Waals surface area (Å²) in [4.78, 5) is 31.7. The fraction of sp³-hybridized carbons (Fsp3) is 0.190. The van der Waals surface area contributed by atoms with Crippen LogP contribution in [0, 0.1) is 0 Å². The molecule has 1 amide bonds. The first-order valence-corrected chi connectivity index (χ1v) is 10.6. The van der Waals surface area contributed by atoms with E-state index in [0.717, 1.165) is 6.07 Å². The van der Waals surface area contributed by atoms with Gasteiger partial charge in [-0.15, -0.1) is 5.10 Å². The molecule has 0 aliphatic rings. The number of hydrogen-bond acceptors (Lipinski definition) is 8. The number of nitrogens with two attached hydrogens (primary N) is 1. The van der Waals surface area contributed by atoms with Crippen molar-refractivity contribution >= 4 is 38.7 Å². The van der Waals surface area contributed by atoms with Crippen LogP contribution in [0.25, 0.3) is 11.0 Å². The van der Waals surface area contributed by atoms with Gasteiger partial charge < -0.3 is 10.6 Å². The number of aromatic nitrogens is 6. The summed E-state index contributed by atoms with van der Waals surface area (Å²) in [6, 6.07) is 6.29. The topological polar surface area (TPSA) is 124 Å². The van der Waals surface area contributed by atoms with E-state index in [2.05, 4.69) is 46.1 Å². The van der Waals surface area contributed by atoms with E-state index in [1.165, 1.54) is 29.6 Å². The number of halogens is 4. The van der Waals surface area contributed by atoms with Crippen molar-refractivity contribution in [1.82, 2.24) is 35.0 Å². The van der Waals surface area contributed by atoms with Crippen LogP contribution in [0.15, 0.2) is 53.4 Å². The summed E-state index contributed by atoms with van der Waals surface area (Å²) in [6.07, 6.45) is -0.196. The van der Waals surface area contributed by atoms with Crippen molar-refractivity contribution < 1.29 is 18.0 Å². The Labute approximate surface area is 199 Å². The molecule has 0 aliphatic heterocycles. The molecular weight excluding hydrogens is 517 g/mol. The summed E-state index contributed by atoms with van der Waals surface area (Å²) in [5, 5.41) is 7.48. The lowest BCUT2D eigenvalue weighted by atomic mass is 10.1. The highest BCUT2D eigenvalue weighted by atomic mass is 79.9. The average molecular weight is 533 g/mol. The monoisotopic (exact) mass is 532 g/mol. The molecular formula is C21H16BrF3N8O. The third kappa shape index (κ3) is 4.93. The SMILES string of the molecule is C[C@H](c1ncccn1)N(Cc1ccc(C(F)(F)F)nn1)C(=O)c1cnc2nc(N)c(Br)cc2c1. The van der Waals surface area contributed by atoms with Crippen molar-refractivity contribution in [2.45, 2.75) is 25.7 Å². The number of nitrogens with zero attached hydrogens (tertiary/aromatic N) is 7. The second-order valence-corrected chi connectivity index (χ2v) is 8.10. The van der Waals surface area contributed by atoms with E-state index in [0.29, 0.717) is 21.3 Å². The van der Waals surface area contributed by atoms with Gasteiger partial charge in [-0.05, 0) is 53.2 Å². The fourth-order valence-corrected chi connectivity index (χ4v) is 3.49. The lowest BCUT2D eigenvalue weighted by molar-refractivity contribution is -0.141. The zero-order valence-electron chi connectivity index (χ0n) is 17.5. The molecule has 0 aliphatic carbocycles. The van der Waals surface area contributed by atoms with E-state index in [4.69, 9.17) is 5.73 Å². The molecule has 0 fully saturated rings. The quantitative estimate of drug-likeness (QED) is 0.409. The molecule has 0 saturated carbocycles. The third-order valence-electron chi connectivity index (χ3n) is 4.93. The minimum absolute atomic E-state index is 0.134. The molecule has 4 heterocycles. The number of amides is 1. The first-order valence-electron chi connectivity index (χ1n) is 9.83. The number of pyridine rings is 2. The highest BCUT2D eigenvalue weighted by molar-refractivity contribution is 9.10. The minimum Gasteiger partial charge on any atom is -0.383 e. The maximum absolute atomic E-state index is 13.5. The van der Waals surface area contributed by atoms with E-state index in [1.807, 2.05) is 0 Å². The molecule has 0 spiro atoms. The van der Waals surface area contributed by atoms with Gasteiger partial charge in [0.25, 0.3) is 5.91 Å². The molecule has 174 valence electrons. The predicted molar refractivity (Wildman–Crippen MR) is 119 cm³/mol. The van der Waals surface area contributed by atoms with E-state index >= 15 is 0 Å². The van der Waals surface area contributed by atoms with Gasteiger partial charge in [0, 0.05) is 24.0 Å². The van der Waals surface area contributed by atoms with Crippen molar-refractivity contribution in [3.05, 3.63) is 76.2 Å². The summed E-state index contributed by atoms with van der Waals surface area (Å²) in [5.74, 6) is 0.155. The Bertz CT molecular complexity index is 1340. The molecule has 13 heteroatoms. The molecule has 4 aromatic rings. The molecule has 9 nitrogen and oxygen atoms in total. The number of alkyl halides is 3. The number of carbonyl (C=O) groups excluding carboxylic acids is 1. The van der Waals surface area contributed by atoms with Gasteiger partial charge in [-0.2, -0.15) is 18.3 Å². The number of nitrogen functional groups attached to an aromatic ring is 1. The van der Waals surface area contributed by atoms with E-state index < -0.39 is 23.8 Å². The second-order valence-electron chi connectivity index (χ2n) is 7.25. The minimum atomic E-state index is -4.62. The molecule has 4 aromatic heterocycles. The maximum atomic E-state index is 13.5. The number of anilines is 1. The van der Waals surface area contributed by atoms with Gasteiger partial charge in [0.15, 0.2) is 11.3 Å². The Kier molecular flexibility index (Phi) is 6.37. The molecule has 1 atom stereocenters. The molecule has 0 radical (unpaired) electrons. The molecule has 0 aromatic carbocycles. The van der Waals surface area contributed by atoms with Crippen LogP contribution in [-0.2, 0) is 12.7 Å². The lowest BCUT2D eigenvalue weighted by Gasteiger charge is -2.28. The molecule has 34 heavy (non-hydrogen) atoms. The summed E-state index contributed by atoms with van der Waals surface area (Å²) in [7, 11) is 0. The molecule has 4 rings (SSSR count). The Morgan fingerprint density at radius 2 is 1.88 bits per heavy atom. The van der Waals surface area contributed by atoms with Gasteiger partial charge in [0.1, 0.15) is 11.6 Å². The number of carbonyl (C=O) groups is 1. The van der Waals surface area contributed by atoms with Gasteiger partial charge in [-0.25, -0.2) is 19.9 Å². The van der Waals surface area contributed by atoms with Crippen LogP contribution >= 0.6 is 15.9 Å². The normalized spacial score (nSPS) is 12.5. The maximum Gasteiger partial charge on any atom is 0.435 e. The Morgan fingerprint density at radius 3 is 2.53 bits per heavy atom. The largest absolute Gasteiger partial charge is 0.435 e. The van der Waals surface area contributed by atoms with E-state index in [9.17, 15) is 18.0 Å². The van der Waals surface area contributed by atoms with Crippen LogP contribution in [0.1, 0.15) is 40.5 Å². The van der Waals surface area contributed by atoms with Crippen molar-refractivity contribution in [3.8, 4) is 0 Å². The Hall–Kier alpha value is -3.74. The van der Waals surface area contributed by atoms with Crippen LogP contribution < -0.4 is 5.73 Å². The van der Waals surface area contributed by atoms with Gasteiger partial charge in [-0.1, -0.05) is 0 Å². The number of hydrogen-bond donors (Lipinski definition) is 1. The van der Waals surface area contributed by atoms with Crippen molar-refractivity contribution in [3.63, 3.8) is 0 Å². The fourth-order valence-electron chi connectivity index (χ4n) is 3.16. The number of rotatable bonds is 5. The summed E-state index contributed by atoms with van der Waals surface area (Å²) < 4.78 is 39.1. The highest BCUT2D eigenvalue weighted by Crippen LogP contribution is 2.28. The lowest BCUT2D eigenvalue weighted by Crippen LogP contribution is -2.34. The van der Waals surface area contributed by atoms with Crippen LogP contribution in [0.3, 0.4) is 0 Å². The average Bonchev–Trinajstić information content (AvgIpc) is 2.82. The zero-order valence-corrected chi connectivity index (χ0v) is 19.1. The molecule has 0 bridgehead atoms. The van der Waals surface area contributed by atoms with Crippen LogP contribution in [0.2, 0.25) is 0 Å². The van der Waals surface area contributed by atoms with E-state index in [-0.39, 0.29) is 23.6 Å². The summed E-state index contributed by atoms with van der Waals surface area (Å²) in [5.41, 5.74) is 5.42. The summed E-state index contributed by atoms with van der Waals surface area (Å²) >= 11 is 3.30.